The Morgan fingerprint density at radius 3 is 2.74 bits per heavy atom. The van der Waals surface area contributed by atoms with Crippen LogP contribution in [0, 0.1) is 5.82 Å². The summed E-state index contributed by atoms with van der Waals surface area (Å²) in [5.74, 6) is -0.0444. The predicted octanol–water partition coefficient (Wildman–Crippen LogP) is 0.364. The van der Waals surface area contributed by atoms with Crippen molar-refractivity contribution in [3.63, 3.8) is 0 Å². The molecule has 0 spiro atoms. The fraction of sp³-hybridized carbons (Fsp3) is 0.467. The molecule has 2 aromatic rings. The van der Waals surface area contributed by atoms with Crippen LogP contribution in [-0.4, -0.2) is 43.7 Å². The second-order valence-corrected chi connectivity index (χ2v) is 5.91. The zero-order chi connectivity index (χ0) is 18.9. The number of hydrogen-bond donors (Lipinski definition) is 4. The minimum atomic E-state index is -1.33. The van der Waals surface area contributed by atoms with Crippen LogP contribution >= 0.6 is 12.4 Å². The Kier molecular flexibility index (Phi) is 10.0. The van der Waals surface area contributed by atoms with Crippen LogP contribution in [-0.2, 0) is 11.3 Å². The summed E-state index contributed by atoms with van der Waals surface area (Å²) in [6.07, 6.45) is 1.76. The van der Waals surface area contributed by atoms with Crippen LogP contribution in [0.2, 0.25) is 6.32 Å². The van der Waals surface area contributed by atoms with Crippen LogP contribution in [0.3, 0.4) is 0 Å². The molecule has 2 atom stereocenters. The van der Waals surface area contributed by atoms with Gasteiger partial charge in [-0.05, 0) is 29.2 Å². The maximum absolute atomic E-state index is 13.7. The van der Waals surface area contributed by atoms with Crippen molar-refractivity contribution in [2.45, 2.75) is 44.3 Å². The van der Waals surface area contributed by atoms with Crippen molar-refractivity contribution in [1.82, 2.24) is 25.5 Å². The third kappa shape index (κ3) is 6.96. The molecule has 1 aromatic heterocycles. The van der Waals surface area contributed by atoms with Crippen LogP contribution in [0.1, 0.15) is 42.9 Å². The average Bonchev–Trinajstić information content (AvgIpc) is 3.10. The van der Waals surface area contributed by atoms with Gasteiger partial charge in [-0.3, -0.25) is 10.1 Å². The van der Waals surface area contributed by atoms with Gasteiger partial charge in [0, 0.05) is 12.1 Å². The van der Waals surface area contributed by atoms with Crippen LogP contribution in [0.25, 0.3) is 0 Å². The van der Waals surface area contributed by atoms with Crippen LogP contribution in [0.15, 0.2) is 24.3 Å². The Labute approximate surface area is 162 Å². The van der Waals surface area contributed by atoms with Gasteiger partial charge in [0.2, 0.25) is 0 Å². The Morgan fingerprint density at radius 2 is 2.07 bits per heavy atom. The topological polar surface area (TPSA) is 139 Å². The number of tetrazole rings is 1. The lowest BCUT2D eigenvalue weighted by Crippen LogP contribution is -2.32. The summed E-state index contributed by atoms with van der Waals surface area (Å²) < 4.78 is 15.0. The normalized spacial score (nSPS) is 12.9. The molecule has 12 heteroatoms. The van der Waals surface area contributed by atoms with E-state index in [1.807, 2.05) is 0 Å². The van der Waals surface area contributed by atoms with Gasteiger partial charge in [-0.2, -0.15) is 0 Å². The quantitative estimate of drug-likeness (QED) is 0.241. The van der Waals surface area contributed by atoms with Crippen LogP contribution < -0.4 is 11.1 Å². The Hall–Kier alpha value is -1.92. The summed E-state index contributed by atoms with van der Waals surface area (Å²) in [7, 11) is -1.33. The number of aldehydes is 1. The Bertz CT molecular complexity index is 708. The SMILES string of the molecule is Cl.NC(CCCCB(O)O)c1nnnn1C(C=O)NCc1ccccc1F. The third-order valence-corrected chi connectivity index (χ3v) is 3.93. The number of carbonyl (C=O) groups is 1. The number of carbonyl (C=O) groups excluding carboxylic acids is 1. The van der Waals surface area contributed by atoms with Crippen molar-refractivity contribution in [1.29, 1.82) is 0 Å². The highest BCUT2D eigenvalue weighted by atomic mass is 35.5. The first kappa shape index (κ1) is 23.1. The van der Waals surface area contributed by atoms with Crippen molar-refractivity contribution in [3.05, 3.63) is 41.5 Å². The molecule has 27 heavy (non-hydrogen) atoms. The predicted molar refractivity (Wildman–Crippen MR) is 99.2 cm³/mol. The molecule has 0 amide bonds. The summed E-state index contributed by atoms with van der Waals surface area (Å²) in [5, 5.41) is 31.8. The van der Waals surface area contributed by atoms with Gasteiger partial charge in [0.15, 0.2) is 18.3 Å². The van der Waals surface area contributed by atoms with E-state index in [0.717, 1.165) is 0 Å². The first-order valence-electron chi connectivity index (χ1n) is 8.34. The second kappa shape index (κ2) is 11.7. The Balaban J connectivity index is 0.00000364. The molecule has 1 heterocycles. The number of nitrogens with one attached hydrogen (secondary N) is 1. The molecule has 148 valence electrons. The highest BCUT2D eigenvalue weighted by Gasteiger charge is 2.21. The molecule has 0 aliphatic heterocycles. The average molecular weight is 401 g/mol. The number of nitrogens with two attached hydrogens (primary N) is 1. The molecule has 0 fully saturated rings. The van der Waals surface area contributed by atoms with Gasteiger partial charge in [-0.25, -0.2) is 9.07 Å². The molecule has 0 bridgehead atoms. The maximum Gasteiger partial charge on any atom is 0.451 e. The van der Waals surface area contributed by atoms with Crippen molar-refractivity contribution >= 4 is 25.8 Å². The molecule has 2 rings (SSSR count). The lowest BCUT2D eigenvalue weighted by molar-refractivity contribution is -0.111. The number of halogens is 2. The number of benzene rings is 1. The van der Waals surface area contributed by atoms with Crippen molar-refractivity contribution < 1.29 is 19.2 Å². The van der Waals surface area contributed by atoms with E-state index in [-0.39, 0.29) is 31.1 Å². The summed E-state index contributed by atoms with van der Waals surface area (Å²) in [5.41, 5.74) is 6.51. The molecular formula is C15H23BClFN6O3. The summed E-state index contributed by atoms with van der Waals surface area (Å²) >= 11 is 0. The monoisotopic (exact) mass is 400 g/mol. The fourth-order valence-electron chi connectivity index (χ4n) is 2.51. The summed E-state index contributed by atoms with van der Waals surface area (Å²) in [4.78, 5) is 11.5. The van der Waals surface area contributed by atoms with Gasteiger partial charge < -0.3 is 15.8 Å². The van der Waals surface area contributed by atoms with E-state index in [1.54, 1.807) is 18.2 Å². The zero-order valence-corrected chi connectivity index (χ0v) is 15.4. The van der Waals surface area contributed by atoms with Gasteiger partial charge in [0.1, 0.15) is 5.82 Å². The molecule has 2 unspecified atom stereocenters. The smallest absolute Gasteiger partial charge is 0.427 e. The first-order chi connectivity index (χ1) is 12.5. The minimum Gasteiger partial charge on any atom is -0.427 e. The van der Waals surface area contributed by atoms with Gasteiger partial charge in [-0.15, -0.1) is 17.5 Å². The molecular weight excluding hydrogens is 377 g/mol. The van der Waals surface area contributed by atoms with Gasteiger partial charge in [-0.1, -0.05) is 31.0 Å². The molecule has 0 aliphatic carbocycles. The number of hydrogen-bond acceptors (Lipinski definition) is 8. The number of rotatable bonds is 11. The van der Waals surface area contributed by atoms with Gasteiger partial charge in [0.05, 0.1) is 6.04 Å². The number of nitrogens with zero attached hydrogens (tertiary/aromatic N) is 4. The van der Waals surface area contributed by atoms with Crippen LogP contribution in [0.4, 0.5) is 4.39 Å². The largest absolute Gasteiger partial charge is 0.451 e. The highest BCUT2D eigenvalue weighted by Crippen LogP contribution is 2.17. The maximum atomic E-state index is 13.7. The third-order valence-electron chi connectivity index (χ3n) is 3.93. The van der Waals surface area contributed by atoms with Gasteiger partial charge in [0.25, 0.3) is 0 Å². The zero-order valence-electron chi connectivity index (χ0n) is 14.6. The standard InChI is InChI=1S/C15H22BFN6O3.ClH/c17-12-6-2-1-5-11(12)9-19-14(10-24)23-15(20-21-22-23)13(18)7-3-4-8-16(25)26;/h1-2,5-6,10,13-14,19,25-26H,3-4,7-9,18H2;1H. The summed E-state index contributed by atoms with van der Waals surface area (Å²) in [6.45, 7) is 0.124. The van der Waals surface area contributed by atoms with E-state index >= 15 is 0 Å². The molecule has 1 aromatic carbocycles. The molecule has 0 saturated carbocycles. The van der Waals surface area contributed by atoms with Crippen molar-refractivity contribution in [2.24, 2.45) is 5.73 Å². The summed E-state index contributed by atoms with van der Waals surface area (Å²) in [6, 6.07) is 5.74. The molecule has 0 radical (unpaired) electrons. The molecule has 9 nitrogen and oxygen atoms in total. The van der Waals surface area contributed by atoms with E-state index < -0.39 is 19.3 Å². The molecule has 0 aliphatic rings. The highest BCUT2D eigenvalue weighted by molar-refractivity contribution is 6.40. The number of unbranched alkanes of at least 4 members (excludes halogenated alkanes) is 1. The Morgan fingerprint density at radius 1 is 1.33 bits per heavy atom. The van der Waals surface area contributed by atoms with Crippen LogP contribution in [0.5, 0.6) is 0 Å². The lowest BCUT2D eigenvalue weighted by Gasteiger charge is -2.17. The number of aromatic nitrogens is 4. The van der Waals surface area contributed by atoms with E-state index in [1.165, 1.54) is 10.7 Å². The fourth-order valence-corrected chi connectivity index (χ4v) is 2.51. The molecule has 5 N–H and O–H groups in total. The van der Waals surface area contributed by atoms with E-state index in [2.05, 4.69) is 20.8 Å². The van der Waals surface area contributed by atoms with Crippen molar-refractivity contribution in [2.75, 3.05) is 0 Å². The second-order valence-electron chi connectivity index (χ2n) is 5.91. The molecule has 0 saturated heterocycles. The van der Waals surface area contributed by atoms with Gasteiger partial charge >= 0.3 is 7.12 Å². The van der Waals surface area contributed by atoms with Crippen molar-refractivity contribution in [3.8, 4) is 0 Å². The first-order valence-corrected chi connectivity index (χ1v) is 8.34. The van der Waals surface area contributed by atoms with E-state index in [0.29, 0.717) is 36.9 Å². The van der Waals surface area contributed by atoms with E-state index in [9.17, 15) is 9.18 Å². The minimum absolute atomic E-state index is 0. The lowest BCUT2D eigenvalue weighted by atomic mass is 9.83. The van der Waals surface area contributed by atoms with E-state index in [4.69, 9.17) is 15.8 Å².